The molecule has 0 fully saturated rings. The summed E-state index contributed by atoms with van der Waals surface area (Å²) in [7, 11) is 0. The minimum absolute atomic E-state index is 0. The van der Waals surface area contributed by atoms with E-state index in [0.29, 0.717) is 0 Å². The summed E-state index contributed by atoms with van der Waals surface area (Å²) in [6, 6.07) is 0. The van der Waals surface area contributed by atoms with Crippen molar-refractivity contribution < 1.29 is 42.6 Å². The quantitative estimate of drug-likeness (QED) is 0.453. The van der Waals surface area contributed by atoms with Crippen molar-refractivity contribution in [3.8, 4) is 0 Å². The van der Waals surface area contributed by atoms with Crippen LogP contribution in [0, 0.1) is 0 Å². The second kappa shape index (κ2) is 16.4. The SMILES string of the molecule is [Br-].[C]=O.[C]=O.[Fe+][C]1=CC=CC1. The molecule has 0 bridgehead atoms. The van der Waals surface area contributed by atoms with Gasteiger partial charge in [0.1, 0.15) is 0 Å². The number of hydrogen-bond acceptors (Lipinski definition) is 2. The van der Waals surface area contributed by atoms with Gasteiger partial charge in [-0.05, 0) is 0 Å². The third-order valence-electron chi connectivity index (χ3n) is 0.717. The maximum absolute atomic E-state index is 7.50. The topological polar surface area (TPSA) is 34.1 Å². The molecule has 0 atom stereocenters. The molecule has 0 saturated carbocycles. The first-order valence-corrected chi connectivity index (χ1v) is 2.85. The van der Waals surface area contributed by atoms with Crippen LogP contribution >= 0.6 is 0 Å². The average Bonchev–Trinajstić information content (AvgIpc) is 2.48. The van der Waals surface area contributed by atoms with E-state index < -0.39 is 0 Å². The van der Waals surface area contributed by atoms with Crippen LogP contribution in [-0.4, -0.2) is 13.6 Å². The number of carbonyl (C=O) groups excluding carboxylic acids is 2. The molecule has 4 heteroatoms. The Labute approximate surface area is 85.3 Å². The van der Waals surface area contributed by atoms with E-state index in [1.54, 1.807) is 0 Å². The minimum atomic E-state index is 0. The van der Waals surface area contributed by atoms with Crippen molar-refractivity contribution in [1.82, 2.24) is 0 Å². The van der Waals surface area contributed by atoms with Crippen LogP contribution in [0.5, 0.6) is 0 Å². The summed E-state index contributed by atoms with van der Waals surface area (Å²) in [5.41, 5.74) is 0. The van der Waals surface area contributed by atoms with Gasteiger partial charge in [-0.1, -0.05) is 0 Å². The van der Waals surface area contributed by atoms with E-state index in [-0.39, 0.29) is 17.0 Å². The summed E-state index contributed by atoms with van der Waals surface area (Å²) in [6.45, 7) is 9.00. The molecular formula is C7H5BrFeO2. The molecule has 11 heavy (non-hydrogen) atoms. The monoisotopic (exact) mass is 256 g/mol. The van der Waals surface area contributed by atoms with Crippen LogP contribution in [-0.2, 0) is 25.6 Å². The molecule has 0 aliphatic heterocycles. The molecule has 60 valence electrons. The fourth-order valence-electron chi connectivity index (χ4n) is 0.416. The van der Waals surface area contributed by atoms with Gasteiger partial charge in [0.2, 0.25) is 0 Å². The second-order valence-electron chi connectivity index (χ2n) is 1.23. The molecule has 0 N–H and O–H groups in total. The van der Waals surface area contributed by atoms with E-state index in [1.165, 1.54) is 4.47 Å². The molecule has 0 aromatic carbocycles. The van der Waals surface area contributed by atoms with Gasteiger partial charge in [-0.3, -0.25) is 9.59 Å². The van der Waals surface area contributed by atoms with E-state index in [9.17, 15) is 0 Å². The summed E-state index contributed by atoms with van der Waals surface area (Å²) in [6.07, 6.45) is 7.21. The Morgan fingerprint density at radius 2 is 1.73 bits per heavy atom. The molecule has 1 aliphatic carbocycles. The van der Waals surface area contributed by atoms with E-state index >= 15 is 0 Å². The van der Waals surface area contributed by atoms with Gasteiger partial charge >= 0.3 is 45.1 Å². The van der Waals surface area contributed by atoms with Crippen LogP contribution in [0.15, 0.2) is 22.7 Å². The number of allylic oxidation sites excluding steroid dienone is 4. The number of hydrogen-bond donors (Lipinski definition) is 0. The average molecular weight is 257 g/mol. The summed E-state index contributed by atoms with van der Waals surface area (Å²) in [5.74, 6) is 0. The van der Waals surface area contributed by atoms with Crippen molar-refractivity contribution in [1.29, 1.82) is 0 Å². The van der Waals surface area contributed by atoms with Gasteiger partial charge in [-0.25, -0.2) is 0 Å². The van der Waals surface area contributed by atoms with Crippen LogP contribution in [0.25, 0.3) is 0 Å². The predicted molar refractivity (Wildman–Crippen MR) is 33.2 cm³/mol. The Hall–Kier alpha value is -0.181. The van der Waals surface area contributed by atoms with Gasteiger partial charge in [0.25, 0.3) is 13.6 Å². The van der Waals surface area contributed by atoms with Crippen molar-refractivity contribution >= 4 is 13.6 Å². The zero-order chi connectivity index (χ0) is 8.41. The van der Waals surface area contributed by atoms with Crippen LogP contribution in [0.3, 0.4) is 0 Å². The molecule has 0 aromatic heterocycles. The fraction of sp³-hybridized carbons (Fsp3) is 0.143. The van der Waals surface area contributed by atoms with E-state index in [1.807, 2.05) is 12.2 Å². The Bertz CT molecular complexity index is 132. The molecule has 0 aromatic rings. The maximum atomic E-state index is 7.50. The predicted octanol–water partition coefficient (Wildman–Crippen LogP) is -2.41. The summed E-state index contributed by atoms with van der Waals surface area (Å²) in [4.78, 5) is 15.0. The van der Waals surface area contributed by atoms with Crippen molar-refractivity contribution in [3.63, 3.8) is 0 Å². The van der Waals surface area contributed by atoms with Crippen molar-refractivity contribution in [3.05, 3.63) is 22.7 Å². The van der Waals surface area contributed by atoms with Gasteiger partial charge in [0.15, 0.2) is 0 Å². The third-order valence-corrected chi connectivity index (χ3v) is 1.13. The van der Waals surface area contributed by atoms with Crippen molar-refractivity contribution in [2.75, 3.05) is 0 Å². The molecule has 0 heterocycles. The van der Waals surface area contributed by atoms with Crippen LogP contribution in [0.2, 0.25) is 0 Å². The number of halogens is 1. The Balaban J connectivity index is -0.000000114. The molecule has 2 nitrogen and oxygen atoms in total. The second-order valence-corrected chi connectivity index (χ2v) is 1.94. The summed E-state index contributed by atoms with van der Waals surface area (Å²) < 4.78 is 1.22. The van der Waals surface area contributed by atoms with Gasteiger partial charge in [0, 0.05) is 0 Å². The first kappa shape index (κ1) is 17.1. The molecule has 0 saturated heterocycles. The van der Waals surface area contributed by atoms with Gasteiger partial charge < -0.3 is 17.0 Å². The standard InChI is InChI=1S/C5H5.2CO.BrH.Fe/c1-2-4-5-3-1;2*1-2;;/h1-3H,4H2;;;1H;/q;;;;+1/p-1. The van der Waals surface area contributed by atoms with Crippen molar-refractivity contribution in [2.24, 2.45) is 0 Å². The molecule has 0 spiro atoms. The Morgan fingerprint density at radius 3 is 1.82 bits per heavy atom. The van der Waals surface area contributed by atoms with E-state index in [4.69, 9.17) is 9.59 Å². The Kier molecular flexibility index (Phi) is 25.5. The molecule has 1 rings (SSSR count). The molecule has 1 aliphatic rings. The van der Waals surface area contributed by atoms with Crippen LogP contribution < -0.4 is 17.0 Å². The summed E-state index contributed by atoms with van der Waals surface area (Å²) >= 11 is 3.74. The number of rotatable bonds is 0. The van der Waals surface area contributed by atoms with Crippen molar-refractivity contribution in [2.45, 2.75) is 6.42 Å². The molecule has 0 unspecified atom stereocenters. The molecule has 0 amide bonds. The normalized spacial score (nSPS) is 10.8. The van der Waals surface area contributed by atoms with Gasteiger partial charge in [0.05, 0.1) is 0 Å². The molecule has 4 radical (unpaired) electrons. The van der Waals surface area contributed by atoms with Gasteiger partial charge in [-0.2, -0.15) is 0 Å². The third kappa shape index (κ3) is 12.9. The first-order chi connectivity index (χ1) is 4.89. The first-order valence-electron chi connectivity index (χ1n) is 2.30. The summed E-state index contributed by atoms with van der Waals surface area (Å²) in [5, 5.41) is 0. The van der Waals surface area contributed by atoms with E-state index in [2.05, 4.69) is 35.7 Å². The van der Waals surface area contributed by atoms with Gasteiger partial charge in [-0.15, -0.1) is 0 Å². The fourth-order valence-corrected chi connectivity index (χ4v) is 0.652. The zero-order valence-corrected chi connectivity index (χ0v) is 8.18. The Morgan fingerprint density at radius 1 is 1.27 bits per heavy atom. The zero-order valence-electron chi connectivity index (χ0n) is 5.49. The van der Waals surface area contributed by atoms with Crippen LogP contribution in [0.4, 0.5) is 0 Å². The van der Waals surface area contributed by atoms with Crippen LogP contribution in [0.1, 0.15) is 6.42 Å². The van der Waals surface area contributed by atoms with E-state index in [0.717, 1.165) is 6.42 Å². The molecular weight excluding hydrogens is 252 g/mol.